The Balaban J connectivity index is 1.61. The van der Waals surface area contributed by atoms with Crippen LogP contribution < -0.4 is 25.8 Å². The number of nitrogens with zero attached hydrogens (tertiary/aromatic N) is 5. The first-order valence-corrected chi connectivity index (χ1v) is 13.5. The average Bonchev–Trinajstić information content (AvgIpc) is 3.55. The molecule has 1 atom stereocenters. The minimum absolute atomic E-state index is 0.121. The summed E-state index contributed by atoms with van der Waals surface area (Å²) in [5, 5.41) is 9.60. The number of aromatic amines is 1. The molecule has 220 valence electrons. The number of fused-ring (bicyclic) bond motifs is 4. The van der Waals surface area contributed by atoms with Gasteiger partial charge in [-0.15, -0.1) is 5.10 Å². The minimum Gasteiger partial charge on any atom is -0.493 e. The van der Waals surface area contributed by atoms with E-state index in [-0.39, 0.29) is 37.3 Å². The van der Waals surface area contributed by atoms with Gasteiger partial charge in [0, 0.05) is 44.6 Å². The first-order chi connectivity index (χ1) is 19.7. The topological polar surface area (TPSA) is 165 Å². The molecule has 14 nitrogen and oxygen atoms in total. The smallest absolute Gasteiger partial charge is 0.343 e. The van der Waals surface area contributed by atoms with Crippen molar-refractivity contribution in [3.05, 3.63) is 46.9 Å². The zero-order valence-corrected chi connectivity index (χ0v) is 23.7. The predicted octanol–water partition coefficient (Wildman–Crippen LogP) is 0.553. The van der Waals surface area contributed by atoms with E-state index in [2.05, 4.69) is 25.7 Å². The average molecular weight is 569 g/mol. The van der Waals surface area contributed by atoms with E-state index >= 15 is 0 Å². The predicted molar refractivity (Wildman–Crippen MR) is 148 cm³/mol. The zero-order valence-electron chi connectivity index (χ0n) is 23.7. The molecule has 0 saturated heterocycles. The summed E-state index contributed by atoms with van der Waals surface area (Å²) in [6.45, 7) is 4.66. The van der Waals surface area contributed by atoms with Crippen molar-refractivity contribution in [2.75, 3.05) is 33.4 Å². The van der Waals surface area contributed by atoms with Gasteiger partial charge in [-0.2, -0.15) is 0 Å². The van der Waals surface area contributed by atoms with Crippen molar-refractivity contribution in [1.82, 2.24) is 39.8 Å². The first-order valence-electron chi connectivity index (χ1n) is 13.5. The number of nitrogens with one attached hydrogen (secondary N) is 3. The summed E-state index contributed by atoms with van der Waals surface area (Å²) in [5.41, 5.74) is 0.279. The number of carbonyl (C=O) groups is 3. The van der Waals surface area contributed by atoms with Crippen molar-refractivity contribution < 1.29 is 23.9 Å². The highest BCUT2D eigenvalue weighted by Crippen LogP contribution is 2.32. The van der Waals surface area contributed by atoms with Gasteiger partial charge in [0.05, 0.1) is 20.3 Å². The molecule has 1 aliphatic heterocycles. The normalized spacial score (nSPS) is 17.4. The molecule has 3 amide bonds. The van der Waals surface area contributed by atoms with E-state index in [9.17, 15) is 19.2 Å². The van der Waals surface area contributed by atoms with Crippen LogP contribution in [0.15, 0.2) is 35.4 Å². The highest BCUT2D eigenvalue weighted by molar-refractivity contribution is 5.94. The van der Waals surface area contributed by atoms with Gasteiger partial charge in [-0.3, -0.25) is 19.4 Å². The van der Waals surface area contributed by atoms with Crippen LogP contribution in [0.25, 0.3) is 11.4 Å². The fourth-order valence-electron chi connectivity index (χ4n) is 4.52. The second-order valence-electron chi connectivity index (χ2n) is 10.1. The quantitative estimate of drug-likeness (QED) is 0.412. The van der Waals surface area contributed by atoms with Crippen molar-refractivity contribution in [3.8, 4) is 22.9 Å². The number of imidazole rings is 1. The van der Waals surface area contributed by atoms with Crippen LogP contribution >= 0.6 is 0 Å². The van der Waals surface area contributed by atoms with Crippen LogP contribution in [0.4, 0.5) is 0 Å². The second-order valence-corrected chi connectivity index (χ2v) is 10.1. The third-order valence-electron chi connectivity index (χ3n) is 6.70. The number of methoxy groups -OCH3 is 1. The Labute approximate surface area is 237 Å². The highest BCUT2D eigenvalue weighted by Gasteiger charge is 2.27. The molecule has 0 aliphatic carbocycles. The van der Waals surface area contributed by atoms with E-state index < -0.39 is 23.5 Å². The lowest BCUT2D eigenvalue weighted by atomic mass is 10.0. The minimum atomic E-state index is -0.794. The Bertz CT molecular complexity index is 1440. The number of rotatable bonds is 3. The molecule has 3 N–H and O–H groups in total. The molecule has 41 heavy (non-hydrogen) atoms. The maximum atomic E-state index is 13.2. The lowest BCUT2D eigenvalue weighted by Gasteiger charge is -2.25. The Hall–Kier alpha value is -4.62. The van der Waals surface area contributed by atoms with Crippen molar-refractivity contribution >= 4 is 17.7 Å². The van der Waals surface area contributed by atoms with Crippen LogP contribution in [-0.2, 0) is 23.2 Å². The molecule has 0 unspecified atom stereocenters. The van der Waals surface area contributed by atoms with Crippen LogP contribution in [0.5, 0.6) is 11.5 Å². The number of H-pyrrole nitrogens is 1. The fourth-order valence-corrected chi connectivity index (χ4v) is 4.52. The number of hydrogen-bond acceptors (Lipinski definition) is 8. The van der Waals surface area contributed by atoms with Crippen LogP contribution in [-0.4, -0.2) is 86.3 Å². The number of carbonyl (C=O) groups excluding carboxylic acids is 3. The third kappa shape index (κ3) is 7.13. The van der Waals surface area contributed by atoms with E-state index in [0.717, 1.165) is 16.1 Å². The van der Waals surface area contributed by atoms with E-state index in [0.29, 0.717) is 37.4 Å². The SMILES string of the molecule is COc1ccc2cc1OCCCN(C(=O)c1nn(C)c(=O)[nH]1)CC(=O)N[C@H](C(C)C)C(=O)NCCCn1ccnc1-2. The highest BCUT2D eigenvalue weighted by atomic mass is 16.5. The van der Waals surface area contributed by atoms with Crippen molar-refractivity contribution in [2.45, 2.75) is 39.3 Å². The summed E-state index contributed by atoms with van der Waals surface area (Å²) in [5.74, 6) is -0.0328. The van der Waals surface area contributed by atoms with E-state index in [1.165, 1.54) is 11.9 Å². The largest absolute Gasteiger partial charge is 0.493 e. The molecule has 0 saturated carbocycles. The Morgan fingerprint density at radius 2 is 1.98 bits per heavy atom. The Morgan fingerprint density at radius 1 is 1.17 bits per heavy atom. The molecule has 0 spiro atoms. The molecular formula is C27H36N8O6. The summed E-state index contributed by atoms with van der Waals surface area (Å²) in [4.78, 5) is 59.4. The number of aromatic nitrogens is 5. The summed E-state index contributed by atoms with van der Waals surface area (Å²) in [7, 11) is 2.97. The summed E-state index contributed by atoms with van der Waals surface area (Å²) < 4.78 is 14.5. The molecule has 1 aromatic carbocycles. The molecule has 2 aromatic heterocycles. The third-order valence-corrected chi connectivity index (χ3v) is 6.70. The molecule has 0 fully saturated rings. The molecule has 14 heteroatoms. The van der Waals surface area contributed by atoms with Gasteiger partial charge in [0.2, 0.25) is 17.6 Å². The lowest BCUT2D eigenvalue weighted by molar-refractivity contribution is -0.130. The van der Waals surface area contributed by atoms with Gasteiger partial charge in [0.25, 0.3) is 5.91 Å². The van der Waals surface area contributed by atoms with Gasteiger partial charge < -0.3 is 29.6 Å². The van der Waals surface area contributed by atoms with Crippen molar-refractivity contribution in [1.29, 1.82) is 0 Å². The zero-order chi connectivity index (χ0) is 29.5. The molecule has 3 heterocycles. The van der Waals surface area contributed by atoms with E-state index in [1.54, 1.807) is 19.4 Å². The number of ether oxygens (including phenoxy) is 2. The second kappa shape index (κ2) is 13.2. The van der Waals surface area contributed by atoms with Crippen molar-refractivity contribution in [3.63, 3.8) is 0 Å². The lowest BCUT2D eigenvalue weighted by Crippen LogP contribution is -2.52. The number of amides is 3. The van der Waals surface area contributed by atoms with Crippen LogP contribution in [0, 0.1) is 5.92 Å². The Kier molecular flexibility index (Phi) is 9.42. The van der Waals surface area contributed by atoms with Crippen LogP contribution in [0.3, 0.4) is 0 Å². The van der Waals surface area contributed by atoms with Gasteiger partial charge in [0.15, 0.2) is 11.5 Å². The summed E-state index contributed by atoms with van der Waals surface area (Å²) >= 11 is 0. The molecule has 1 aliphatic rings. The Morgan fingerprint density at radius 3 is 2.68 bits per heavy atom. The monoisotopic (exact) mass is 568 g/mol. The van der Waals surface area contributed by atoms with Gasteiger partial charge in [-0.25, -0.2) is 14.5 Å². The molecule has 0 radical (unpaired) electrons. The number of aryl methyl sites for hydroxylation is 2. The summed E-state index contributed by atoms with van der Waals surface area (Å²) in [6.07, 6.45) is 4.58. The summed E-state index contributed by atoms with van der Waals surface area (Å²) in [6, 6.07) is 4.75. The van der Waals surface area contributed by atoms with Gasteiger partial charge >= 0.3 is 5.69 Å². The van der Waals surface area contributed by atoms with Crippen LogP contribution in [0.1, 0.15) is 37.3 Å². The first kappa shape index (κ1) is 29.4. The number of hydrogen-bond donors (Lipinski definition) is 3. The van der Waals surface area contributed by atoms with Gasteiger partial charge in [0.1, 0.15) is 11.9 Å². The molecule has 3 aromatic rings. The van der Waals surface area contributed by atoms with E-state index in [1.807, 2.05) is 36.7 Å². The fraction of sp³-hybridized carbons (Fsp3) is 0.481. The van der Waals surface area contributed by atoms with E-state index in [4.69, 9.17) is 9.47 Å². The molecule has 4 rings (SSSR count). The number of benzene rings is 1. The molecule has 2 bridgehead atoms. The maximum absolute atomic E-state index is 13.2. The van der Waals surface area contributed by atoms with Crippen LogP contribution in [0.2, 0.25) is 0 Å². The van der Waals surface area contributed by atoms with Gasteiger partial charge in [-0.05, 0) is 37.0 Å². The standard InChI is InChI=1S/C27H36N8O6/c1-17(2)22-25(37)29-9-5-11-34-13-10-28-24(34)18-7-8-19(40-4)20(15-18)41-14-6-12-35(16-21(36)30-22)26(38)23-31-27(39)33(3)32-23/h7-8,10,13,15,17,22H,5-6,9,11-12,14,16H2,1-4H3,(H,29,37)(H,30,36)(H,31,32,39)/t22-/m1/s1. The molecular weight excluding hydrogens is 532 g/mol. The van der Waals surface area contributed by atoms with Gasteiger partial charge in [-0.1, -0.05) is 13.8 Å². The maximum Gasteiger partial charge on any atom is 0.343 e. The van der Waals surface area contributed by atoms with Crippen molar-refractivity contribution in [2.24, 2.45) is 13.0 Å².